The first-order valence-corrected chi connectivity index (χ1v) is 42.4. The van der Waals surface area contributed by atoms with Crippen molar-refractivity contribution in [3.8, 4) is 112 Å². The SMILES string of the molecule is c1ccc(-c2ccc(-c3cccc(-c4nc(-c5cccc6c(-n7c8ccc9ccccc9c8c8c9ccccc9c(-c9ccccc9)cc87)cccc56)nc5ccccc45)c3)cc2)cc1.c1ccc(-c2cccc(-c3nc(-c4cccc5c(-n6c7ccc8ccccc8c7c7c8ccccc8c(-c8ccccc8)cc76)cccc45)nc4ccccc34)c2)cc1. The zero-order valence-electron chi connectivity index (χ0n) is 67.4. The maximum Gasteiger partial charge on any atom is 0.161 e. The van der Waals surface area contributed by atoms with Gasteiger partial charge in [0.05, 0.1) is 55.9 Å². The summed E-state index contributed by atoms with van der Waals surface area (Å²) in [6, 6.07) is 161. The van der Waals surface area contributed by atoms with Gasteiger partial charge in [-0.3, -0.25) is 0 Å². The molecule has 0 spiro atoms. The molecule has 0 unspecified atom stereocenters. The van der Waals surface area contributed by atoms with Crippen molar-refractivity contribution < 1.29 is 0 Å². The molecule has 0 aliphatic rings. The molecule has 4 heterocycles. The van der Waals surface area contributed by atoms with Gasteiger partial charge < -0.3 is 9.13 Å². The Kier molecular flexibility index (Phi) is 17.2. The van der Waals surface area contributed by atoms with E-state index in [2.05, 4.69) is 458 Å². The largest absolute Gasteiger partial charge is 0.309 e. The standard InChI is InChI=1S/C62H39N3.C56H35N3/c1-3-16-40(17-4-1)41-32-34-42(35-33-41)45-21-13-22-46(38-45)61-53-26-11-12-30-55(53)63-62(64-61)52-29-14-28-50-48(52)27-15-31-56(50)65-57-37-36-44-20-7-8-23-47(44)59(57)60-51-25-10-9-24-49(51)54(39-58(60)65)43-18-5-2-6-19-43;1-3-16-36(17-4-1)39-21-13-22-40(34-39)55-47-26-11-12-30-49(47)57-56(58-55)46-29-14-28-44-42(46)27-15-31-50(44)59-51-33-32-38-20-7-8-23-41(38)53(51)54-45-25-10-9-24-43(45)48(35-52(54)59)37-18-5-2-6-19-37/h1-39H;1-35H. The third-order valence-electron chi connectivity index (χ3n) is 25.2. The fourth-order valence-corrected chi connectivity index (χ4v) is 19.5. The van der Waals surface area contributed by atoms with Gasteiger partial charge in [0.1, 0.15) is 0 Å². The molecule has 0 saturated carbocycles. The van der Waals surface area contributed by atoms with E-state index in [1.165, 1.54) is 126 Å². The summed E-state index contributed by atoms with van der Waals surface area (Å²) < 4.78 is 4.98. The van der Waals surface area contributed by atoms with Crippen molar-refractivity contribution in [2.75, 3.05) is 0 Å². The van der Waals surface area contributed by atoms with Gasteiger partial charge in [0.25, 0.3) is 0 Å². The summed E-state index contributed by atoms with van der Waals surface area (Å²) in [6.45, 7) is 0. The van der Waals surface area contributed by atoms with Gasteiger partial charge in [0, 0.05) is 65.3 Å². The van der Waals surface area contributed by atoms with E-state index in [1.807, 2.05) is 0 Å². The third kappa shape index (κ3) is 12.0. The minimum absolute atomic E-state index is 0.699. The number of nitrogens with zero attached hydrogens (tertiary/aromatic N) is 6. The fourth-order valence-electron chi connectivity index (χ4n) is 19.5. The van der Waals surface area contributed by atoms with Crippen molar-refractivity contribution in [1.82, 2.24) is 29.1 Å². The quantitative estimate of drug-likeness (QED) is 0.129. The Balaban J connectivity index is 0.000000140. The van der Waals surface area contributed by atoms with E-state index in [0.717, 1.165) is 105 Å². The second kappa shape index (κ2) is 29.8. The van der Waals surface area contributed by atoms with E-state index in [-0.39, 0.29) is 0 Å². The average molecular weight is 1580 g/mol. The monoisotopic (exact) mass is 1570 g/mol. The summed E-state index contributed by atoms with van der Waals surface area (Å²) >= 11 is 0. The number of hydrogen-bond acceptors (Lipinski definition) is 4. The maximum absolute atomic E-state index is 5.47. The number of para-hydroxylation sites is 2. The van der Waals surface area contributed by atoms with Crippen molar-refractivity contribution in [2.45, 2.75) is 0 Å². The highest BCUT2D eigenvalue weighted by Crippen LogP contribution is 2.49. The third-order valence-corrected chi connectivity index (χ3v) is 25.2. The van der Waals surface area contributed by atoms with Crippen LogP contribution in [0.5, 0.6) is 0 Å². The van der Waals surface area contributed by atoms with Crippen LogP contribution in [0.2, 0.25) is 0 Å². The molecule has 0 atom stereocenters. The summed E-state index contributed by atoms with van der Waals surface area (Å²) in [5, 5.41) is 21.5. The average Bonchev–Trinajstić information content (AvgIpc) is 1.55. The highest BCUT2D eigenvalue weighted by atomic mass is 15.0. The van der Waals surface area contributed by atoms with Crippen molar-refractivity contribution in [3.05, 3.63) is 449 Å². The first-order chi connectivity index (χ1) is 61.5. The van der Waals surface area contributed by atoms with Gasteiger partial charge >= 0.3 is 0 Å². The predicted molar refractivity (Wildman–Crippen MR) is 522 cm³/mol. The summed E-state index contributed by atoms with van der Waals surface area (Å²) in [5.74, 6) is 1.40. The minimum atomic E-state index is 0.699. The molecule has 25 aromatic rings. The molecule has 124 heavy (non-hydrogen) atoms. The van der Waals surface area contributed by atoms with Crippen LogP contribution in [0.1, 0.15) is 0 Å². The molecule has 6 nitrogen and oxygen atoms in total. The molecule has 576 valence electrons. The number of fused-ring (bicyclic) bond motifs is 18. The zero-order chi connectivity index (χ0) is 81.7. The molecule has 0 bridgehead atoms. The van der Waals surface area contributed by atoms with Crippen LogP contribution in [-0.2, 0) is 0 Å². The van der Waals surface area contributed by atoms with Crippen LogP contribution in [0.15, 0.2) is 449 Å². The predicted octanol–water partition coefficient (Wildman–Crippen LogP) is 31.4. The molecule has 0 aliphatic heterocycles. The number of benzene rings is 21. The molecule has 0 fully saturated rings. The van der Waals surface area contributed by atoms with Crippen LogP contribution in [0.25, 0.3) is 242 Å². The fraction of sp³-hybridized carbons (Fsp3) is 0. The van der Waals surface area contributed by atoms with Gasteiger partial charge in [-0.15, -0.1) is 0 Å². The number of aromatic nitrogens is 6. The Hall–Kier alpha value is -16.5. The molecule has 4 aromatic heterocycles. The molecular weight excluding hydrogens is 1500 g/mol. The molecule has 0 radical (unpaired) electrons. The molecule has 6 heteroatoms. The smallest absolute Gasteiger partial charge is 0.161 e. The Labute approximate surface area is 715 Å². The lowest BCUT2D eigenvalue weighted by Crippen LogP contribution is -1.98. The second-order valence-corrected chi connectivity index (χ2v) is 32.1. The first-order valence-electron chi connectivity index (χ1n) is 42.4. The van der Waals surface area contributed by atoms with Gasteiger partial charge in [-0.05, 0) is 170 Å². The lowest BCUT2D eigenvalue weighted by atomic mass is 9.94. The Morgan fingerprint density at radius 2 is 0.444 bits per heavy atom. The number of rotatable bonds is 11. The summed E-state index contributed by atoms with van der Waals surface area (Å²) in [6.07, 6.45) is 0. The van der Waals surface area contributed by atoms with Gasteiger partial charge in [0.15, 0.2) is 11.6 Å². The van der Waals surface area contributed by atoms with Crippen LogP contribution >= 0.6 is 0 Å². The molecule has 0 aliphatic carbocycles. The van der Waals surface area contributed by atoms with Crippen LogP contribution in [-0.4, -0.2) is 29.1 Å². The summed E-state index contributed by atoms with van der Waals surface area (Å²) in [7, 11) is 0. The Morgan fingerprint density at radius 3 is 0.879 bits per heavy atom. The van der Waals surface area contributed by atoms with Gasteiger partial charge in [-0.25, -0.2) is 19.9 Å². The second-order valence-electron chi connectivity index (χ2n) is 32.1. The normalized spacial score (nSPS) is 11.7. The van der Waals surface area contributed by atoms with Gasteiger partial charge in [-0.2, -0.15) is 0 Å². The first kappa shape index (κ1) is 71.6. The van der Waals surface area contributed by atoms with Crippen molar-refractivity contribution in [3.63, 3.8) is 0 Å². The topological polar surface area (TPSA) is 61.4 Å². The van der Waals surface area contributed by atoms with E-state index in [4.69, 9.17) is 19.9 Å². The highest BCUT2D eigenvalue weighted by molar-refractivity contribution is 6.32. The van der Waals surface area contributed by atoms with Crippen molar-refractivity contribution >= 4 is 130 Å². The Morgan fingerprint density at radius 1 is 0.153 bits per heavy atom. The van der Waals surface area contributed by atoms with E-state index in [1.54, 1.807) is 0 Å². The van der Waals surface area contributed by atoms with Crippen molar-refractivity contribution in [1.29, 1.82) is 0 Å². The molecule has 0 amide bonds. The minimum Gasteiger partial charge on any atom is -0.309 e. The van der Waals surface area contributed by atoms with E-state index in [0.29, 0.717) is 11.6 Å². The van der Waals surface area contributed by atoms with Gasteiger partial charge in [-0.1, -0.05) is 388 Å². The summed E-state index contributed by atoms with van der Waals surface area (Å²) in [5.41, 5.74) is 26.6. The molecule has 25 rings (SSSR count). The maximum atomic E-state index is 5.47. The molecular formula is C118H74N6. The van der Waals surface area contributed by atoms with E-state index >= 15 is 0 Å². The van der Waals surface area contributed by atoms with Crippen molar-refractivity contribution in [2.24, 2.45) is 0 Å². The van der Waals surface area contributed by atoms with Crippen LogP contribution < -0.4 is 0 Å². The highest BCUT2D eigenvalue weighted by Gasteiger charge is 2.26. The van der Waals surface area contributed by atoms with E-state index in [9.17, 15) is 0 Å². The van der Waals surface area contributed by atoms with E-state index < -0.39 is 0 Å². The lowest BCUT2D eigenvalue weighted by Gasteiger charge is -2.16. The van der Waals surface area contributed by atoms with Crippen LogP contribution in [0, 0.1) is 0 Å². The lowest BCUT2D eigenvalue weighted by molar-refractivity contribution is 1.20. The molecule has 21 aromatic carbocycles. The zero-order valence-corrected chi connectivity index (χ0v) is 67.4. The molecule has 0 saturated heterocycles. The van der Waals surface area contributed by atoms with Gasteiger partial charge in [0.2, 0.25) is 0 Å². The summed E-state index contributed by atoms with van der Waals surface area (Å²) in [4.78, 5) is 21.4. The Bertz CT molecular complexity index is 8590. The van der Waals surface area contributed by atoms with Crippen LogP contribution in [0.4, 0.5) is 0 Å². The molecule has 0 N–H and O–H groups in total. The number of hydrogen-bond donors (Lipinski definition) is 0. The van der Waals surface area contributed by atoms with Crippen LogP contribution in [0.3, 0.4) is 0 Å².